The Bertz CT molecular complexity index is 535. The molecule has 1 atom stereocenters. The van der Waals surface area contributed by atoms with Gasteiger partial charge in [-0.05, 0) is 49.9 Å². The van der Waals surface area contributed by atoms with Crippen LogP contribution in [0.1, 0.15) is 32.1 Å². The maximum atomic E-state index is 12.5. The van der Waals surface area contributed by atoms with Gasteiger partial charge in [-0.15, -0.1) is 0 Å². The van der Waals surface area contributed by atoms with E-state index in [9.17, 15) is 9.59 Å². The molecule has 1 aromatic rings. The highest BCUT2D eigenvalue weighted by atomic mass is 79.9. The van der Waals surface area contributed by atoms with Crippen LogP contribution >= 0.6 is 15.9 Å². The lowest BCUT2D eigenvalue weighted by Gasteiger charge is -2.27. The van der Waals surface area contributed by atoms with Gasteiger partial charge in [0, 0.05) is 10.2 Å². The lowest BCUT2D eigenvalue weighted by atomic mass is 9.85. The summed E-state index contributed by atoms with van der Waals surface area (Å²) in [6.07, 6.45) is 3.85. The maximum absolute atomic E-state index is 12.5. The minimum absolute atomic E-state index is 0.111. The standard InChI is InChI=1S/C15H16BrNO3/c16-10-3-5-11(6-4-10)17-14(19)12-9-13(18)20-15(12)7-1-2-8-15/h3-6,12H,1-2,7-9H2,(H,17,19)/t12-/m1/s1. The van der Waals surface area contributed by atoms with Crippen molar-refractivity contribution in [2.75, 3.05) is 5.32 Å². The van der Waals surface area contributed by atoms with Gasteiger partial charge in [0.05, 0.1) is 12.3 Å². The van der Waals surface area contributed by atoms with Gasteiger partial charge in [0.25, 0.3) is 0 Å². The van der Waals surface area contributed by atoms with Gasteiger partial charge in [-0.1, -0.05) is 15.9 Å². The molecule has 1 N–H and O–H groups in total. The Hall–Kier alpha value is -1.36. The molecule has 1 spiro atoms. The molecule has 1 aliphatic carbocycles. The molecule has 1 aromatic carbocycles. The Morgan fingerprint density at radius 3 is 2.55 bits per heavy atom. The lowest BCUT2D eigenvalue weighted by molar-refractivity contribution is -0.149. The highest BCUT2D eigenvalue weighted by Gasteiger charge is 2.53. The number of halogens is 1. The molecule has 0 aromatic heterocycles. The van der Waals surface area contributed by atoms with Crippen LogP contribution in [0.25, 0.3) is 0 Å². The van der Waals surface area contributed by atoms with Gasteiger partial charge in [0.15, 0.2) is 0 Å². The van der Waals surface area contributed by atoms with Gasteiger partial charge in [-0.25, -0.2) is 0 Å². The fourth-order valence-corrected chi connectivity index (χ4v) is 3.47. The first-order valence-electron chi connectivity index (χ1n) is 6.87. The summed E-state index contributed by atoms with van der Waals surface area (Å²) in [5.74, 6) is -0.718. The SMILES string of the molecule is O=C1C[C@H](C(=O)Nc2ccc(Br)cc2)C2(CCCC2)O1. The van der Waals surface area contributed by atoms with Crippen LogP contribution in [-0.2, 0) is 14.3 Å². The molecule has 0 radical (unpaired) electrons. The zero-order valence-electron chi connectivity index (χ0n) is 11.0. The average Bonchev–Trinajstić information content (AvgIpc) is 3.00. The van der Waals surface area contributed by atoms with Gasteiger partial charge >= 0.3 is 5.97 Å². The summed E-state index contributed by atoms with van der Waals surface area (Å²) < 4.78 is 6.45. The second-order valence-electron chi connectivity index (χ2n) is 5.50. The van der Waals surface area contributed by atoms with Crippen LogP contribution in [0.3, 0.4) is 0 Å². The number of benzene rings is 1. The smallest absolute Gasteiger partial charge is 0.307 e. The molecule has 20 heavy (non-hydrogen) atoms. The third-order valence-corrected chi connectivity index (χ3v) is 4.73. The fraction of sp³-hybridized carbons (Fsp3) is 0.467. The Morgan fingerprint density at radius 1 is 1.25 bits per heavy atom. The van der Waals surface area contributed by atoms with Crippen molar-refractivity contribution in [2.45, 2.75) is 37.7 Å². The number of carbonyl (C=O) groups excluding carboxylic acids is 2. The molecular weight excluding hydrogens is 322 g/mol. The van der Waals surface area contributed by atoms with Gasteiger partial charge in [0.2, 0.25) is 5.91 Å². The summed E-state index contributed by atoms with van der Waals surface area (Å²) >= 11 is 3.36. The number of carbonyl (C=O) groups is 2. The average molecular weight is 338 g/mol. The summed E-state index contributed by atoms with van der Waals surface area (Å²) in [5, 5.41) is 2.89. The number of ether oxygens (including phenoxy) is 1. The van der Waals surface area contributed by atoms with Crippen molar-refractivity contribution < 1.29 is 14.3 Å². The van der Waals surface area contributed by atoms with E-state index in [1.54, 1.807) is 0 Å². The van der Waals surface area contributed by atoms with Crippen molar-refractivity contribution in [1.29, 1.82) is 0 Å². The van der Waals surface area contributed by atoms with E-state index in [-0.39, 0.29) is 24.2 Å². The van der Waals surface area contributed by atoms with E-state index in [0.29, 0.717) is 0 Å². The second kappa shape index (κ2) is 5.20. The molecule has 1 heterocycles. The number of hydrogen-bond donors (Lipinski definition) is 1. The van der Waals surface area contributed by atoms with Crippen LogP contribution < -0.4 is 5.32 Å². The maximum Gasteiger partial charge on any atom is 0.307 e. The Kier molecular flexibility index (Phi) is 3.54. The Morgan fingerprint density at radius 2 is 1.90 bits per heavy atom. The van der Waals surface area contributed by atoms with Gasteiger partial charge < -0.3 is 10.1 Å². The van der Waals surface area contributed by atoms with Gasteiger partial charge in [-0.2, -0.15) is 0 Å². The Balaban J connectivity index is 1.76. The van der Waals surface area contributed by atoms with Crippen molar-refractivity contribution in [3.05, 3.63) is 28.7 Å². The number of rotatable bonds is 2. The highest BCUT2D eigenvalue weighted by molar-refractivity contribution is 9.10. The number of hydrogen-bond acceptors (Lipinski definition) is 3. The summed E-state index contributed by atoms with van der Waals surface area (Å²) in [4.78, 5) is 24.1. The minimum Gasteiger partial charge on any atom is -0.458 e. The zero-order valence-corrected chi connectivity index (χ0v) is 12.6. The van der Waals surface area contributed by atoms with Crippen LogP contribution in [0, 0.1) is 5.92 Å². The zero-order chi connectivity index (χ0) is 14.2. The largest absolute Gasteiger partial charge is 0.458 e. The quantitative estimate of drug-likeness (QED) is 0.842. The van der Waals surface area contributed by atoms with E-state index in [4.69, 9.17) is 4.74 Å². The molecule has 0 bridgehead atoms. The number of esters is 1. The topological polar surface area (TPSA) is 55.4 Å². The summed E-state index contributed by atoms with van der Waals surface area (Å²) in [6.45, 7) is 0. The monoisotopic (exact) mass is 337 g/mol. The number of amides is 1. The van der Waals surface area contributed by atoms with Crippen molar-refractivity contribution in [3.8, 4) is 0 Å². The highest BCUT2D eigenvalue weighted by Crippen LogP contribution is 2.45. The van der Waals surface area contributed by atoms with Crippen LogP contribution in [0.5, 0.6) is 0 Å². The van der Waals surface area contributed by atoms with E-state index >= 15 is 0 Å². The molecule has 1 saturated carbocycles. The molecule has 106 valence electrons. The van der Waals surface area contributed by atoms with E-state index in [0.717, 1.165) is 35.8 Å². The molecular formula is C15H16BrNO3. The second-order valence-corrected chi connectivity index (χ2v) is 6.41. The summed E-state index contributed by atoms with van der Waals surface area (Å²) in [7, 11) is 0. The Labute approximate surface area is 126 Å². The van der Waals surface area contributed by atoms with E-state index in [1.165, 1.54) is 0 Å². The molecule has 2 fully saturated rings. The third kappa shape index (κ3) is 2.46. The minimum atomic E-state index is -0.545. The van der Waals surface area contributed by atoms with Crippen molar-refractivity contribution in [1.82, 2.24) is 0 Å². The van der Waals surface area contributed by atoms with E-state index < -0.39 is 5.60 Å². The molecule has 0 unspecified atom stereocenters. The van der Waals surface area contributed by atoms with Crippen LogP contribution in [0.4, 0.5) is 5.69 Å². The fourth-order valence-electron chi connectivity index (χ4n) is 3.21. The van der Waals surface area contributed by atoms with Gasteiger partial charge in [0.1, 0.15) is 5.60 Å². The lowest BCUT2D eigenvalue weighted by Crippen LogP contribution is -2.39. The normalized spacial score (nSPS) is 23.9. The molecule has 1 saturated heterocycles. The van der Waals surface area contributed by atoms with Crippen molar-refractivity contribution in [3.63, 3.8) is 0 Å². The van der Waals surface area contributed by atoms with Gasteiger partial charge in [-0.3, -0.25) is 9.59 Å². The molecule has 1 amide bonds. The van der Waals surface area contributed by atoms with Crippen molar-refractivity contribution in [2.24, 2.45) is 5.92 Å². The number of nitrogens with one attached hydrogen (secondary N) is 1. The first kappa shape index (κ1) is 13.6. The molecule has 5 heteroatoms. The molecule has 1 aliphatic heterocycles. The van der Waals surface area contributed by atoms with Crippen LogP contribution in [0.15, 0.2) is 28.7 Å². The molecule has 3 rings (SSSR count). The molecule has 2 aliphatic rings. The summed E-state index contributed by atoms with van der Waals surface area (Å²) in [5.41, 5.74) is 0.196. The van der Waals surface area contributed by atoms with Crippen molar-refractivity contribution >= 4 is 33.5 Å². The van der Waals surface area contributed by atoms with Crippen LogP contribution in [-0.4, -0.2) is 17.5 Å². The van der Waals surface area contributed by atoms with Crippen LogP contribution in [0.2, 0.25) is 0 Å². The first-order valence-corrected chi connectivity index (χ1v) is 7.67. The third-order valence-electron chi connectivity index (χ3n) is 4.20. The summed E-state index contributed by atoms with van der Waals surface area (Å²) in [6, 6.07) is 7.41. The number of anilines is 1. The van der Waals surface area contributed by atoms with E-state index in [2.05, 4.69) is 21.2 Å². The first-order chi connectivity index (χ1) is 9.59. The predicted molar refractivity (Wildman–Crippen MR) is 78.2 cm³/mol. The predicted octanol–water partition coefficient (Wildman–Crippen LogP) is 3.26. The van der Waals surface area contributed by atoms with E-state index in [1.807, 2.05) is 24.3 Å². The molecule has 4 nitrogen and oxygen atoms in total.